The van der Waals surface area contributed by atoms with Crippen LogP contribution in [0.4, 0.5) is 10.5 Å². The summed E-state index contributed by atoms with van der Waals surface area (Å²) in [6.45, 7) is 2.79. The molecule has 178 valence electrons. The Labute approximate surface area is 196 Å². The van der Waals surface area contributed by atoms with E-state index in [-0.39, 0.29) is 18.5 Å². The molecule has 2 saturated heterocycles. The average molecular weight is 465 g/mol. The number of aromatic nitrogens is 1. The maximum Gasteiger partial charge on any atom is 0.419 e. The summed E-state index contributed by atoms with van der Waals surface area (Å²) in [5, 5.41) is 2.89. The van der Waals surface area contributed by atoms with Crippen molar-refractivity contribution < 1.29 is 18.7 Å². The van der Waals surface area contributed by atoms with E-state index in [1.807, 2.05) is 30.3 Å². The van der Waals surface area contributed by atoms with E-state index in [4.69, 9.17) is 9.15 Å². The van der Waals surface area contributed by atoms with Crippen LogP contribution in [0.15, 0.2) is 57.7 Å². The van der Waals surface area contributed by atoms with Crippen molar-refractivity contribution >= 4 is 28.8 Å². The van der Waals surface area contributed by atoms with Crippen LogP contribution >= 0.6 is 0 Å². The van der Waals surface area contributed by atoms with Gasteiger partial charge in [0.25, 0.3) is 0 Å². The van der Waals surface area contributed by atoms with Gasteiger partial charge in [-0.3, -0.25) is 19.2 Å². The molecule has 1 N–H and O–H groups in total. The van der Waals surface area contributed by atoms with Crippen molar-refractivity contribution in [3.8, 4) is 0 Å². The van der Waals surface area contributed by atoms with E-state index in [2.05, 4.69) is 10.2 Å². The molecule has 34 heavy (non-hydrogen) atoms. The predicted molar refractivity (Wildman–Crippen MR) is 126 cm³/mol. The molecule has 3 aromatic rings. The molecule has 9 heteroatoms. The number of oxazole rings is 1. The first kappa shape index (κ1) is 22.2. The number of benzene rings is 2. The van der Waals surface area contributed by atoms with Gasteiger partial charge in [-0.05, 0) is 37.1 Å². The summed E-state index contributed by atoms with van der Waals surface area (Å²) in [5.41, 5.74) is 2.28. The lowest BCUT2D eigenvalue weighted by Gasteiger charge is -2.25. The lowest BCUT2D eigenvalue weighted by molar-refractivity contribution is -0.117. The van der Waals surface area contributed by atoms with Crippen LogP contribution in [-0.2, 0) is 23.1 Å². The van der Waals surface area contributed by atoms with E-state index in [0.29, 0.717) is 42.8 Å². The molecular weight excluding hydrogens is 436 g/mol. The first-order valence-corrected chi connectivity index (χ1v) is 11.5. The van der Waals surface area contributed by atoms with Crippen LogP contribution in [0, 0.1) is 0 Å². The highest BCUT2D eigenvalue weighted by atomic mass is 16.6. The average Bonchev–Trinajstić information content (AvgIpc) is 3.18. The number of amides is 2. The number of likely N-dealkylation sites (tertiary alicyclic amines) is 1. The Balaban J connectivity index is 1.17. The lowest BCUT2D eigenvalue weighted by Crippen LogP contribution is -2.37. The van der Waals surface area contributed by atoms with Gasteiger partial charge in [0.1, 0.15) is 5.60 Å². The zero-order valence-corrected chi connectivity index (χ0v) is 19.2. The third-order valence-electron chi connectivity index (χ3n) is 6.69. The molecule has 1 aromatic heterocycles. The van der Waals surface area contributed by atoms with Crippen molar-refractivity contribution in [2.75, 3.05) is 31.5 Å². The van der Waals surface area contributed by atoms with E-state index in [1.165, 1.54) is 4.57 Å². The number of nitrogens with one attached hydrogen (secondary N) is 1. The summed E-state index contributed by atoms with van der Waals surface area (Å²) in [6, 6.07) is 15.1. The topological polar surface area (TPSA) is 97.0 Å². The van der Waals surface area contributed by atoms with Gasteiger partial charge in [-0.15, -0.1) is 0 Å². The van der Waals surface area contributed by atoms with Crippen LogP contribution in [0.1, 0.15) is 24.8 Å². The molecule has 2 aromatic carbocycles. The number of carbonyl (C=O) groups excluding carboxylic acids is 2. The van der Waals surface area contributed by atoms with Gasteiger partial charge < -0.3 is 14.5 Å². The summed E-state index contributed by atoms with van der Waals surface area (Å²) in [6.07, 6.45) is 2.06. The third kappa shape index (κ3) is 4.56. The van der Waals surface area contributed by atoms with E-state index in [9.17, 15) is 14.4 Å². The second kappa shape index (κ2) is 8.98. The quantitative estimate of drug-likeness (QED) is 0.624. The summed E-state index contributed by atoms with van der Waals surface area (Å²) in [4.78, 5) is 40.8. The Hall–Kier alpha value is -3.59. The second-order valence-electron chi connectivity index (χ2n) is 9.18. The zero-order chi connectivity index (χ0) is 23.7. The number of aryl methyl sites for hydroxylation is 1. The molecule has 1 unspecified atom stereocenters. The summed E-state index contributed by atoms with van der Waals surface area (Å²) in [5.74, 6) is -0.574. The smallest absolute Gasteiger partial charge is 0.419 e. The Morgan fingerprint density at radius 2 is 1.91 bits per heavy atom. The molecular formula is C25H28N4O5. The van der Waals surface area contributed by atoms with E-state index in [1.54, 1.807) is 30.1 Å². The minimum atomic E-state index is -0.493. The van der Waals surface area contributed by atoms with Crippen LogP contribution in [0.25, 0.3) is 11.1 Å². The van der Waals surface area contributed by atoms with Gasteiger partial charge in [-0.25, -0.2) is 9.59 Å². The summed E-state index contributed by atoms with van der Waals surface area (Å²) < 4.78 is 12.5. The highest BCUT2D eigenvalue weighted by Gasteiger charge is 2.45. The Morgan fingerprint density at radius 1 is 1.09 bits per heavy atom. The van der Waals surface area contributed by atoms with Gasteiger partial charge in [0.2, 0.25) is 5.91 Å². The van der Waals surface area contributed by atoms with Crippen LogP contribution in [0.5, 0.6) is 0 Å². The minimum Gasteiger partial charge on any atom is -0.441 e. The number of hydrogen-bond donors (Lipinski definition) is 1. The SMILES string of the molecule is Cn1c(=O)oc2cc(NC(=O)CN3CCCC4(CC3)CN(Cc3ccccc3)C(=O)O4)ccc21. The largest absolute Gasteiger partial charge is 0.441 e. The van der Waals surface area contributed by atoms with Crippen molar-refractivity contribution in [1.82, 2.24) is 14.4 Å². The molecule has 9 nitrogen and oxygen atoms in total. The molecule has 3 heterocycles. The molecule has 0 aliphatic carbocycles. The maximum absolute atomic E-state index is 12.7. The molecule has 5 rings (SSSR count). The van der Waals surface area contributed by atoms with Crippen LogP contribution in [0.3, 0.4) is 0 Å². The Bertz CT molecular complexity index is 1270. The third-order valence-corrected chi connectivity index (χ3v) is 6.69. The van der Waals surface area contributed by atoms with Gasteiger partial charge >= 0.3 is 11.8 Å². The number of hydrogen-bond acceptors (Lipinski definition) is 6. The van der Waals surface area contributed by atoms with Crippen LogP contribution in [0.2, 0.25) is 0 Å². The Kier molecular flexibility index (Phi) is 5.87. The van der Waals surface area contributed by atoms with Crippen LogP contribution < -0.4 is 11.1 Å². The fourth-order valence-corrected chi connectivity index (χ4v) is 4.88. The van der Waals surface area contributed by atoms with Crippen molar-refractivity contribution in [3.63, 3.8) is 0 Å². The molecule has 1 atom stereocenters. The van der Waals surface area contributed by atoms with Crippen molar-refractivity contribution in [2.24, 2.45) is 7.05 Å². The zero-order valence-electron chi connectivity index (χ0n) is 19.2. The summed E-state index contributed by atoms with van der Waals surface area (Å²) >= 11 is 0. The number of nitrogens with zero attached hydrogens (tertiary/aromatic N) is 3. The highest BCUT2D eigenvalue weighted by Crippen LogP contribution is 2.34. The lowest BCUT2D eigenvalue weighted by atomic mass is 9.95. The molecule has 2 amide bonds. The highest BCUT2D eigenvalue weighted by molar-refractivity contribution is 5.94. The van der Waals surface area contributed by atoms with Gasteiger partial charge in [0.05, 0.1) is 18.6 Å². The molecule has 2 fully saturated rings. The van der Waals surface area contributed by atoms with E-state index >= 15 is 0 Å². The van der Waals surface area contributed by atoms with Crippen molar-refractivity contribution in [3.05, 3.63) is 64.6 Å². The number of rotatable bonds is 5. The van der Waals surface area contributed by atoms with Gasteiger partial charge in [0, 0.05) is 38.3 Å². The molecule has 1 spiro atoms. The van der Waals surface area contributed by atoms with Crippen molar-refractivity contribution in [2.45, 2.75) is 31.4 Å². The first-order valence-electron chi connectivity index (χ1n) is 11.5. The standard InChI is InChI=1S/C25H28N4O5/c1-27-20-9-8-19(14-21(20)33-23(27)31)26-22(30)16-28-12-5-10-25(11-13-28)17-29(24(32)34-25)15-18-6-3-2-4-7-18/h2-4,6-9,14H,5,10-13,15-17H2,1H3,(H,26,30). The summed E-state index contributed by atoms with van der Waals surface area (Å²) in [7, 11) is 1.64. The fraction of sp³-hybridized carbons (Fsp3) is 0.400. The van der Waals surface area contributed by atoms with Gasteiger partial charge in [-0.1, -0.05) is 30.3 Å². The minimum absolute atomic E-state index is 0.136. The van der Waals surface area contributed by atoms with E-state index in [0.717, 1.165) is 24.9 Å². The van der Waals surface area contributed by atoms with Crippen LogP contribution in [-0.4, -0.2) is 58.1 Å². The number of carbonyl (C=O) groups is 2. The monoisotopic (exact) mass is 464 g/mol. The fourth-order valence-electron chi connectivity index (χ4n) is 4.88. The molecule has 0 radical (unpaired) electrons. The predicted octanol–water partition coefficient (Wildman–Crippen LogP) is 2.95. The Morgan fingerprint density at radius 3 is 2.74 bits per heavy atom. The molecule has 2 aliphatic heterocycles. The second-order valence-corrected chi connectivity index (χ2v) is 9.18. The first-order chi connectivity index (χ1) is 16.4. The van der Waals surface area contributed by atoms with Crippen molar-refractivity contribution in [1.29, 1.82) is 0 Å². The molecule has 0 bridgehead atoms. The van der Waals surface area contributed by atoms with Gasteiger partial charge in [-0.2, -0.15) is 0 Å². The van der Waals surface area contributed by atoms with E-state index < -0.39 is 11.4 Å². The molecule has 0 saturated carbocycles. The maximum atomic E-state index is 12.7. The number of fused-ring (bicyclic) bond motifs is 1. The molecule has 2 aliphatic rings. The van der Waals surface area contributed by atoms with Gasteiger partial charge in [0.15, 0.2) is 5.58 Å². The number of ether oxygens (including phenoxy) is 1. The number of anilines is 1. The normalized spacial score (nSPS) is 21.1.